The minimum absolute atomic E-state index is 0.247. The van der Waals surface area contributed by atoms with E-state index < -0.39 is 5.97 Å². The van der Waals surface area contributed by atoms with Crippen molar-refractivity contribution in [1.29, 1.82) is 0 Å². The number of hydrogen-bond donors (Lipinski definition) is 1. The summed E-state index contributed by atoms with van der Waals surface area (Å²) in [5, 5.41) is 8.70. The van der Waals surface area contributed by atoms with Crippen LogP contribution in [0.3, 0.4) is 0 Å². The molecule has 2 aliphatic rings. The number of hydrogen-bond acceptors (Lipinski definition) is 3. The van der Waals surface area contributed by atoms with Crippen molar-refractivity contribution < 1.29 is 19.4 Å². The summed E-state index contributed by atoms with van der Waals surface area (Å²) < 4.78 is 12.0. The van der Waals surface area contributed by atoms with E-state index in [-0.39, 0.29) is 11.8 Å². The topological polar surface area (TPSA) is 55.8 Å². The second-order valence-electron chi connectivity index (χ2n) is 7.97. The molecule has 4 atom stereocenters. The molecule has 4 nitrogen and oxygen atoms in total. The van der Waals surface area contributed by atoms with E-state index in [2.05, 4.69) is 31.2 Å². The van der Waals surface area contributed by atoms with Crippen LogP contribution in [0.25, 0.3) is 0 Å². The van der Waals surface area contributed by atoms with E-state index >= 15 is 0 Å². The van der Waals surface area contributed by atoms with Gasteiger partial charge in [0.1, 0.15) is 0 Å². The number of carboxylic acid groups (broad SMARTS) is 1. The Morgan fingerprint density at radius 3 is 2.92 bits per heavy atom. The summed E-state index contributed by atoms with van der Waals surface area (Å²) in [5.74, 6) is 0.306. The van der Waals surface area contributed by atoms with E-state index in [0.717, 1.165) is 32.5 Å². The van der Waals surface area contributed by atoms with Gasteiger partial charge in [-0.25, -0.2) is 0 Å². The fourth-order valence-corrected chi connectivity index (χ4v) is 4.49. The van der Waals surface area contributed by atoms with E-state index in [1.807, 2.05) is 18.2 Å². The van der Waals surface area contributed by atoms with Gasteiger partial charge in [0.2, 0.25) is 0 Å². The third kappa shape index (κ3) is 4.74. The zero-order valence-electron chi connectivity index (χ0n) is 15.6. The van der Waals surface area contributed by atoms with E-state index in [1.54, 1.807) is 0 Å². The first-order valence-electron chi connectivity index (χ1n) is 9.68. The molecule has 0 aromatic heterocycles. The minimum atomic E-state index is -0.716. The number of benzene rings is 1. The summed E-state index contributed by atoms with van der Waals surface area (Å²) >= 11 is 0. The first kappa shape index (κ1) is 19.1. The van der Waals surface area contributed by atoms with Gasteiger partial charge >= 0.3 is 5.97 Å². The first-order valence-corrected chi connectivity index (χ1v) is 9.68. The maximum Gasteiger partial charge on any atom is 0.303 e. The predicted octanol–water partition coefficient (Wildman–Crippen LogP) is 4.45. The van der Waals surface area contributed by atoms with Crippen molar-refractivity contribution in [2.45, 2.75) is 51.7 Å². The average molecular weight is 358 g/mol. The van der Waals surface area contributed by atoms with Crippen LogP contribution < -0.4 is 0 Å². The lowest BCUT2D eigenvalue weighted by Gasteiger charge is -2.36. The molecular weight excluding hydrogens is 328 g/mol. The normalized spacial score (nSPS) is 30.3. The molecular formula is C22H30O4. The van der Waals surface area contributed by atoms with Crippen LogP contribution in [-0.4, -0.2) is 30.4 Å². The van der Waals surface area contributed by atoms with Crippen molar-refractivity contribution in [2.75, 3.05) is 13.2 Å². The molecule has 2 bridgehead atoms. The van der Waals surface area contributed by atoms with Crippen LogP contribution in [0.15, 0.2) is 42.5 Å². The fraction of sp³-hybridized carbons (Fsp3) is 0.591. The number of fused-ring (bicyclic) bond motifs is 2. The molecule has 1 aromatic carbocycles. The second-order valence-corrected chi connectivity index (χ2v) is 7.97. The lowest BCUT2D eigenvalue weighted by atomic mass is 9.75. The molecule has 1 aromatic rings. The van der Waals surface area contributed by atoms with E-state index in [4.69, 9.17) is 14.6 Å². The molecule has 1 saturated carbocycles. The van der Waals surface area contributed by atoms with Crippen LogP contribution in [0.5, 0.6) is 0 Å². The highest BCUT2D eigenvalue weighted by atomic mass is 16.5. The van der Waals surface area contributed by atoms with Gasteiger partial charge in [0.25, 0.3) is 0 Å². The Morgan fingerprint density at radius 1 is 1.35 bits per heavy atom. The van der Waals surface area contributed by atoms with Crippen molar-refractivity contribution in [3.8, 4) is 0 Å². The molecule has 1 N–H and O–H groups in total. The molecule has 2 fully saturated rings. The monoisotopic (exact) mass is 358 g/mol. The van der Waals surface area contributed by atoms with Gasteiger partial charge in [-0.3, -0.25) is 4.79 Å². The van der Waals surface area contributed by atoms with E-state index in [9.17, 15) is 4.79 Å². The van der Waals surface area contributed by atoms with Crippen LogP contribution in [0.2, 0.25) is 0 Å². The van der Waals surface area contributed by atoms with Gasteiger partial charge < -0.3 is 14.6 Å². The number of carboxylic acids is 1. The third-order valence-corrected chi connectivity index (χ3v) is 5.92. The van der Waals surface area contributed by atoms with Gasteiger partial charge in [-0.15, -0.1) is 0 Å². The molecule has 1 saturated heterocycles. The number of allylic oxidation sites excluding steroid dienone is 2. The highest BCUT2D eigenvalue weighted by Crippen LogP contribution is 2.55. The predicted molar refractivity (Wildman–Crippen MR) is 101 cm³/mol. The maximum absolute atomic E-state index is 10.6. The number of ether oxygens (including phenoxy) is 2. The van der Waals surface area contributed by atoms with Gasteiger partial charge in [0.15, 0.2) is 0 Å². The molecule has 4 heteroatoms. The molecule has 0 amide bonds. The Balaban J connectivity index is 1.49. The highest BCUT2D eigenvalue weighted by Gasteiger charge is 2.55. The van der Waals surface area contributed by atoms with E-state index in [1.165, 1.54) is 5.56 Å². The summed E-state index contributed by atoms with van der Waals surface area (Å²) in [6.07, 6.45) is 8.66. The van der Waals surface area contributed by atoms with Gasteiger partial charge in [-0.1, -0.05) is 49.4 Å². The zero-order chi connectivity index (χ0) is 18.4. The standard InChI is InChI=1S/C22H30O4/c1-22-13-20(26-16-22)18(15-25-14-17-9-5-4-6-10-17)19(22)11-7-2-3-8-12-21(23)24/h2,4-7,9-10,18-20H,3,8,11-16H2,1H3,(H,23,24)/b7-2-/t18-,19-,20-,22-/m1/s1. The molecule has 3 rings (SSSR count). The molecule has 26 heavy (non-hydrogen) atoms. The van der Waals surface area contributed by atoms with Gasteiger partial charge in [0, 0.05) is 12.3 Å². The number of rotatable bonds is 10. The lowest BCUT2D eigenvalue weighted by molar-refractivity contribution is -0.137. The quantitative estimate of drug-likeness (QED) is 0.496. The Kier molecular flexibility index (Phi) is 6.49. The van der Waals surface area contributed by atoms with Gasteiger partial charge in [-0.05, 0) is 42.6 Å². The fourth-order valence-electron chi connectivity index (χ4n) is 4.49. The smallest absolute Gasteiger partial charge is 0.303 e. The van der Waals surface area contributed by atoms with Gasteiger partial charge in [-0.2, -0.15) is 0 Å². The third-order valence-electron chi connectivity index (χ3n) is 5.92. The largest absolute Gasteiger partial charge is 0.481 e. The molecule has 0 unspecified atom stereocenters. The Hall–Kier alpha value is -1.65. The average Bonchev–Trinajstić information content (AvgIpc) is 3.13. The van der Waals surface area contributed by atoms with Gasteiger partial charge in [0.05, 0.1) is 25.9 Å². The number of aliphatic carboxylic acids is 1. The van der Waals surface area contributed by atoms with Crippen LogP contribution in [0, 0.1) is 17.3 Å². The van der Waals surface area contributed by atoms with Crippen LogP contribution >= 0.6 is 0 Å². The van der Waals surface area contributed by atoms with Crippen molar-refractivity contribution in [3.05, 3.63) is 48.0 Å². The van der Waals surface area contributed by atoms with Crippen LogP contribution in [0.1, 0.15) is 44.6 Å². The second kappa shape index (κ2) is 8.83. The lowest BCUT2D eigenvalue weighted by Crippen LogP contribution is -2.36. The molecule has 1 aliphatic heterocycles. The molecule has 0 spiro atoms. The Labute approximate surface area is 156 Å². The van der Waals surface area contributed by atoms with Crippen molar-refractivity contribution in [3.63, 3.8) is 0 Å². The maximum atomic E-state index is 10.6. The SMILES string of the molecule is C[C@]12CO[C@H](C1)[C@H](COCc1ccccc1)[C@H]2C/C=C\CCCC(=O)O. The number of unbranched alkanes of at least 4 members (excludes halogenated alkanes) is 1. The van der Waals surface area contributed by atoms with Crippen molar-refractivity contribution in [2.24, 2.45) is 17.3 Å². The molecule has 1 aliphatic carbocycles. The molecule has 142 valence electrons. The minimum Gasteiger partial charge on any atom is -0.481 e. The van der Waals surface area contributed by atoms with Crippen LogP contribution in [0.4, 0.5) is 0 Å². The summed E-state index contributed by atoms with van der Waals surface area (Å²) in [5.41, 5.74) is 1.45. The zero-order valence-corrected chi connectivity index (χ0v) is 15.6. The van der Waals surface area contributed by atoms with Crippen LogP contribution in [-0.2, 0) is 20.9 Å². The first-order chi connectivity index (χ1) is 12.6. The molecule has 0 radical (unpaired) electrons. The van der Waals surface area contributed by atoms with Crippen molar-refractivity contribution >= 4 is 5.97 Å². The Morgan fingerprint density at radius 2 is 2.15 bits per heavy atom. The van der Waals surface area contributed by atoms with Crippen molar-refractivity contribution in [1.82, 2.24) is 0 Å². The summed E-state index contributed by atoms with van der Waals surface area (Å²) in [6, 6.07) is 10.3. The highest BCUT2D eigenvalue weighted by molar-refractivity contribution is 5.66. The summed E-state index contributed by atoms with van der Waals surface area (Å²) in [6.45, 7) is 4.59. The van der Waals surface area contributed by atoms with E-state index in [0.29, 0.717) is 31.0 Å². The summed E-state index contributed by atoms with van der Waals surface area (Å²) in [7, 11) is 0. The summed E-state index contributed by atoms with van der Waals surface area (Å²) in [4.78, 5) is 10.6. The number of carbonyl (C=O) groups is 1. The molecule has 1 heterocycles. The Bertz CT molecular complexity index is 612.